The van der Waals surface area contributed by atoms with Crippen LogP contribution in [-0.4, -0.2) is 133 Å². The van der Waals surface area contributed by atoms with Crippen molar-refractivity contribution in [1.29, 1.82) is 0 Å². The molecule has 4 atom stereocenters. The monoisotopic (exact) mass is 1020 g/mol. The number of carbonyl (C=O) groups is 4. The van der Waals surface area contributed by atoms with Crippen LogP contribution in [0.25, 0.3) is 0 Å². The van der Waals surface area contributed by atoms with Crippen LogP contribution < -0.4 is 0 Å². The van der Waals surface area contributed by atoms with Crippen LogP contribution in [0.2, 0.25) is 0 Å². The quantitative estimate of drug-likeness (QED) is 0.0325. The lowest BCUT2D eigenvalue weighted by molar-refractivity contribution is -0.197. The maximum absolute atomic E-state index is 13.0. The highest BCUT2D eigenvalue weighted by atomic mass is 16.7. The van der Waals surface area contributed by atoms with E-state index in [4.69, 9.17) is 33.2 Å². The van der Waals surface area contributed by atoms with Gasteiger partial charge in [0.25, 0.3) is 0 Å². The van der Waals surface area contributed by atoms with Crippen LogP contribution in [0.5, 0.6) is 0 Å². The van der Waals surface area contributed by atoms with E-state index in [9.17, 15) is 19.2 Å². The highest BCUT2D eigenvalue weighted by Gasteiger charge is 2.49. The van der Waals surface area contributed by atoms with E-state index in [1.54, 1.807) is 0 Å². The second-order valence-electron chi connectivity index (χ2n) is 21.5. The van der Waals surface area contributed by atoms with Crippen LogP contribution in [0.1, 0.15) is 246 Å². The second-order valence-corrected chi connectivity index (χ2v) is 21.5. The first-order valence-electron chi connectivity index (χ1n) is 29.8. The summed E-state index contributed by atoms with van der Waals surface area (Å²) in [6.45, 7) is 12.0. The van der Waals surface area contributed by atoms with Gasteiger partial charge in [-0.2, -0.15) is 0 Å². The Morgan fingerprint density at radius 1 is 0.403 bits per heavy atom. The van der Waals surface area contributed by atoms with Crippen LogP contribution in [0, 0.1) is 11.8 Å². The predicted molar refractivity (Wildman–Crippen MR) is 291 cm³/mol. The molecule has 0 spiro atoms. The Balaban J connectivity index is 2.65. The van der Waals surface area contributed by atoms with Gasteiger partial charge in [0.15, 0.2) is 0 Å². The number of unbranched alkanes of at least 4 members (excludes halogenated alkanes) is 18. The minimum atomic E-state index is -0.993. The Bertz CT molecular complexity index is 1280. The lowest BCUT2D eigenvalue weighted by Gasteiger charge is -2.25. The molecule has 0 amide bonds. The van der Waals surface area contributed by atoms with Gasteiger partial charge in [-0.1, -0.05) is 182 Å². The zero-order chi connectivity index (χ0) is 52.9. The summed E-state index contributed by atoms with van der Waals surface area (Å²) in [4.78, 5) is 54.6. The van der Waals surface area contributed by atoms with Crippen molar-refractivity contribution < 1.29 is 52.3 Å². The molecule has 1 heterocycles. The van der Waals surface area contributed by atoms with E-state index >= 15 is 0 Å². The highest BCUT2D eigenvalue weighted by molar-refractivity contribution is 5.70. The third-order valence-electron chi connectivity index (χ3n) is 14.1. The summed E-state index contributed by atoms with van der Waals surface area (Å²) in [7, 11) is 7.63. The van der Waals surface area contributed by atoms with Gasteiger partial charge in [-0.25, -0.2) is 0 Å². The molecule has 0 aromatic heterocycles. The molecule has 72 heavy (non-hydrogen) atoms. The maximum Gasteiger partial charge on any atom is 0.309 e. The third kappa shape index (κ3) is 38.3. The average molecular weight is 1030 g/mol. The van der Waals surface area contributed by atoms with E-state index in [0.29, 0.717) is 64.2 Å². The Kier molecular flexibility index (Phi) is 44.3. The number of ether oxygens (including phenoxy) is 7. The number of nitrogens with zero attached hydrogens (tertiary/aromatic N) is 2. The molecule has 424 valence electrons. The Hall–Kier alpha value is -2.32. The molecule has 0 aromatic rings. The molecule has 0 unspecified atom stereocenters. The number of hydrogen-bond acceptors (Lipinski definition) is 13. The molecule has 13 heteroatoms. The van der Waals surface area contributed by atoms with Gasteiger partial charge in [0.2, 0.25) is 6.29 Å². The normalized spacial score (nSPS) is 16.9. The molecule has 0 bridgehead atoms. The number of hydrogen-bond donors (Lipinski definition) is 0. The lowest BCUT2D eigenvalue weighted by Crippen LogP contribution is -2.41. The molecule has 0 aliphatic carbocycles. The summed E-state index contributed by atoms with van der Waals surface area (Å²) in [5.41, 5.74) is 0. The van der Waals surface area contributed by atoms with E-state index in [1.165, 1.54) is 103 Å². The van der Waals surface area contributed by atoms with Crippen molar-refractivity contribution in [2.24, 2.45) is 11.8 Å². The molecule has 1 aliphatic heterocycles. The van der Waals surface area contributed by atoms with Crippen molar-refractivity contribution in [3.05, 3.63) is 0 Å². The summed E-state index contributed by atoms with van der Waals surface area (Å²) >= 11 is 0. The van der Waals surface area contributed by atoms with Crippen LogP contribution in [0.3, 0.4) is 0 Å². The van der Waals surface area contributed by atoms with Gasteiger partial charge in [-0.3, -0.25) is 19.2 Å². The molecule has 13 nitrogen and oxygen atoms in total. The predicted octanol–water partition coefficient (Wildman–Crippen LogP) is 13.4. The van der Waals surface area contributed by atoms with Crippen molar-refractivity contribution in [2.75, 3.05) is 74.3 Å². The van der Waals surface area contributed by atoms with Crippen molar-refractivity contribution in [3.63, 3.8) is 0 Å². The SMILES string of the molecule is CCCCCC(CCCCC)CCOC(=O)CCCCCCCCO[C@@H]1[C@H](OC(=O)CCN(C)C)O[C@H](COC(=O)CCN(C)C)[C@@H]1OCCCCCCCCC(=O)OCCC(CCCCC)CCCCC. The molecule has 1 aliphatic rings. The molecular formula is C59H112N2O11. The first-order chi connectivity index (χ1) is 34.9. The molecule has 1 rings (SSSR count). The molecular weight excluding hydrogens is 913 g/mol. The zero-order valence-electron chi connectivity index (χ0n) is 47.8. The second kappa shape index (κ2) is 47.2. The van der Waals surface area contributed by atoms with Gasteiger partial charge in [0, 0.05) is 39.1 Å². The Morgan fingerprint density at radius 2 is 0.778 bits per heavy atom. The van der Waals surface area contributed by atoms with Gasteiger partial charge >= 0.3 is 23.9 Å². The highest BCUT2D eigenvalue weighted by Crippen LogP contribution is 2.30. The van der Waals surface area contributed by atoms with Crippen LogP contribution in [-0.2, 0) is 52.3 Å². The van der Waals surface area contributed by atoms with Gasteiger partial charge in [-0.15, -0.1) is 0 Å². The summed E-state index contributed by atoms with van der Waals surface area (Å²) in [5.74, 6) is 0.453. The van der Waals surface area contributed by atoms with Crippen LogP contribution in [0.15, 0.2) is 0 Å². The minimum Gasteiger partial charge on any atom is -0.466 e. The van der Waals surface area contributed by atoms with Crippen molar-refractivity contribution in [3.8, 4) is 0 Å². The van der Waals surface area contributed by atoms with E-state index in [1.807, 2.05) is 38.0 Å². The largest absolute Gasteiger partial charge is 0.466 e. The standard InChI is InChI=1S/C59H112N2O11/c1-9-13-25-33-50(34-26-14-10-2)41-47-66-53(62)37-29-21-17-19-23-31-45-68-57-52(49-70-55(64)39-43-60(5)6)71-59(72-56(65)40-44-61(7)8)58(57)69-46-32-24-20-18-22-30-38-54(63)67-48-42-51(35-27-15-11-3)36-28-16-12-4/h50-52,57-59H,9-49H2,1-8H3/t52-,57+,58+,59+/m1/s1. The van der Waals surface area contributed by atoms with E-state index in [0.717, 1.165) is 89.9 Å². The van der Waals surface area contributed by atoms with E-state index in [2.05, 4.69) is 27.7 Å². The molecule has 0 aromatic carbocycles. The topological polar surface area (TPSA) is 139 Å². The number of carbonyl (C=O) groups excluding carboxylic acids is 4. The summed E-state index contributed by atoms with van der Waals surface area (Å²) < 4.78 is 42.2. The van der Waals surface area contributed by atoms with Crippen LogP contribution >= 0.6 is 0 Å². The van der Waals surface area contributed by atoms with Crippen molar-refractivity contribution >= 4 is 23.9 Å². The van der Waals surface area contributed by atoms with Gasteiger partial charge in [0.1, 0.15) is 24.9 Å². The maximum atomic E-state index is 13.0. The summed E-state index contributed by atoms with van der Waals surface area (Å²) in [5, 5.41) is 0. The summed E-state index contributed by atoms with van der Waals surface area (Å²) in [6.07, 6.45) is 31.8. The minimum absolute atomic E-state index is 0.0321. The molecule has 1 saturated heterocycles. The van der Waals surface area contributed by atoms with Crippen molar-refractivity contribution in [1.82, 2.24) is 9.80 Å². The molecule has 0 N–H and O–H groups in total. The van der Waals surface area contributed by atoms with Crippen LogP contribution in [0.4, 0.5) is 0 Å². The molecule has 1 fully saturated rings. The zero-order valence-corrected chi connectivity index (χ0v) is 47.8. The average Bonchev–Trinajstić information content (AvgIpc) is 3.67. The first kappa shape index (κ1) is 67.7. The molecule has 0 saturated carbocycles. The van der Waals surface area contributed by atoms with E-state index in [-0.39, 0.29) is 43.3 Å². The fraction of sp³-hybridized carbons (Fsp3) is 0.932. The van der Waals surface area contributed by atoms with Gasteiger partial charge in [0.05, 0.1) is 26.1 Å². The smallest absolute Gasteiger partial charge is 0.309 e. The van der Waals surface area contributed by atoms with Gasteiger partial charge < -0.3 is 43.0 Å². The van der Waals surface area contributed by atoms with Gasteiger partial charge in [-0.05, 0) is 78.6 Å². The Morgan fingerprint density at radius 3 is 1.19 bits per heavy atom. The number of rotatable bonds is 51. The first-order valence-corrected chi connectivity index (χ1v) is 29.8. The fourth-order valence-corrected chi connectivity index (χ4v) is 9.38. The fourth-order valence-electron chi connectivity index (χ4n) is 9.38. The lowest BCUT2D eigenvalue weighted by atomic mass is 9.92. The van der Waals surface area contributed by atoms with Crippen molar-refractivity contribution in [2.45, 2.75) is 271 Å². The van der Waals surface area contributed by atoms with E-state index < -0.39 is 24.6 Å². The Labute approximate surface area is 441 Å². The third-order valence-corrected chi connectivity index (χ3v) is 14.1. The number of esters is 4. The molecule has 0 radical (unpaired) electrons. The summed E-state index contributed by atoms with van der Waals surface area (Å²) in [6, 6.07) is 0.